The average Bonchev–Trinajstić information content (AvgIpc) is 2.28. The van der Waals surface area contributed by atoms with Gasteiger partial charge in [-0.05, 0) is 5.56 Å². The minimum Gasteiger partial charge on any atom is -0.383 e. The third-order valence-corrected chi connectivity index (χ3v) is 1.89. The monoisotopic (exact) mass is 207 g/mol. The summed E-state index contributed by atoms with van der Waals surface area (Å²) in [6, 6.07) is 9.99. The van der Waals surface area contributed by atoms with Crippen LogP contribution in [0.2, 0.25) is 0 Å². The first-order valence-corrected chi connectivity index (χ1v) is 4.89. The number of ether oxygens (including phenoxy) is 1. The molecule has 0 aliphatic carbocycles. The van der Waals surface area contributed by atoms with Gasteiger partial charge in [0.05, 0.1) is 13.2 Å². The third kappa shape index (κ3) is 5.02. The number of hydrogen-bond acceptors (Lipinski definition) is 2. The molecule has 0 unspecified atom stereocenters. The van der Waals surface area contributed by atoms with E-state index in [1.54, 1.807) is 7.11 Å². The highest BCUT2D eigenvalue weighted by Crippen LogP contribution is 1.99. The Kier molecular flexibility index (Phi) is 5.25. The molecule has 82 valence electrons. The fourth-order valence-electron chi connectivity index (χ4n) is 1.10. The molecule has 0 fully saturated rings. The predicted octanol–water partition coefficient (Wildman–Crippen LogP) is 0.737. The number of hydrogen-bond donors (Lipinski definition) is 2. The maximum Gasteiger partial charge on any atom is 0.188 e. The zero-order chi connectivity index (χ0) is 10.9. The van der Waals surface area contributed by atoms with Crippen molar-refractivity contribution >= 4 is 5.96 Å². The van der Waals surface area contributed by atoms with Crippen LogP contribution in [0.25, 0.3) is 0 Å². The summed E-state index contributed by atoms with van der Waals surface area (Å²) in [6.07, 6.45) is 0. The Hall–Kier alpha value is -1.55. The Morgan fingerprint density at radius 1 is 1.40 bits per heavy atom. The summed E-state index contributed by atoms with van der Waals surface area (Å²) in [6.45, 7) is 1.91. The summed E-state index contributed by atoms with van der Waals surface area (Å²) < 4.78 is 4.88. The number of methoxy groups -OCH3 is 1. The van der Waals surface area contributed by atoms with E-state index < -0.39 is 0 Å². The van der Waals surface area contributed by atoms with Crippen molar-refractivity contribution in [1.29, 1.82) is 0 Å². The molecule has 15 heavy (non-hydrogen) atoms. The van der Waals surface area contributed by atoms with Gasteiger partial charge < -0.3 is 15.8 Å². The standard InChI is InChI=1S/C11H17N3O/c1-15-8-7-13-11(12)14-9-10-5-3-2-4-6-10/h2-6H,7-9H2,1H3,(H3,12,13,14). The molecule has 0 aliphatic heterocycles. The Morgan fingerprint density at radius 2 is 2.13 bits per heavy atom. The summed E-state index contributed by atoms with van der Waals surface area (Å²) in [5, 5.41) is 2.96. The Labute approximate surface area is 90.2 Å². The Bertz CT molecular complexity index is 298. The van der Waals surface area contributed by atoms with Crippen LogP contribution in [0.15, 0.2) is 35.3 Å². The maximum absolute atomic E-state index is 5.65. The summed E-state index contributed by atoms with van der Waals surface area (Å²) in [5.41, 5.74) is 6.79. The van der Waals surface area contributed by atoms with E-state index in [1.807, 2.05) is 30.3 Å². The summed E-state index contributed by atoms with van der Waals surface area (Å²) >= 11 is 0. The Morgan fingerprint density at radius 3 is 2.80 bits per heavy atom. The van der Waals surface area contributed by atoms with Gasteiger partial charge in [-0.2, -0.15) is 0 Å². The molecule has 0 amide bonds. The third-order valence-electron chi connectivity index (χ3n) is 1.89. The van der Waals surface area contributed by atoms with Gasteiger partial charge in [0.1, 0.15) is 0 Å². The van der Waals surface area contributed by atoms with E-state index in [1.165, 1.54) is 0 Å². The lowest BCUT2D eigenvalue weighted by Crippen LogP contribution is -2.34. The van der Waals surface area contributed by atoms with E-state index in [0.29, 0.717) is 25.7 Å². The van der Waals surface area contributed by atoms with E-state index in [-0.39, 0.29) is 0 Å². The molecule has 0 bridgehead atoms. The first-order chi connectivity index (χ1) is 7.33. The molecule has 3 N–H and O–H groups in total. The molecule has 0 heterocycles. The molecule has 4 heteroatoms. The van der Waals surface area contributed by atoms with Gasteiger partial charge in [-0.25, -0.2) is 4.99 Å². The minimum absolute atomic E-state index is 0.455. The van der Waals surface area contributed by atoms with Crippen LogP contribution in [0.5, 0.6) is 0 Å². The van der Waals surface area contributed by atoms with Crippen LogP contribution >= 0.6 is 0 Å². The van der Waals surface area contributed by atoms with Gasteiger partial charge in [0.15, 0.2) is 5.96 Å². The SMILES string of the molecule is COCCNC(N)=NCc1ccccc1. The van der Waals surface area contributed by atoms with E-state index in [0.717, 1.165) is 5.56 Å². The molecule has 0 radical (unpaired) electrons. The van der Waals surface area contributed by atoms with E-state index in [4.69, 9.17) is 10.5 Å². The minimum atomic E-state index is 0.455. The molecule has 4 nitrogen and oxygen atoms in total. The number of rotatable bonds is 5. The lowest BCUT2D eigenvalue weighted by atomic mass is 10.2. The van der Waals surface area contributed by atoms with Crippen molar-refractivity contribution in [3.05, 3.63) is 35.9 Å². The largest absolute Gasteiger partial charge is 0.383 e. The van der Waals surface area contributed by atoms with Crippen molar-refractivity contribution in [2.45, 2.75) is 6.54 Å². The van der Waals surface area contributed by atoms with E-state index in [2.05, 4.69) is 10.3 Å². The molecule has 0 aromatic heterocycles. The summed E-state index contributed by atoms with van der Waals surface area (Å²) in [7, 11) is 1.65. The second kappa shape index (κ2) is 6.84. The van der Waals surface area contributed by atoms with Gasteiger partial charge in [0.2, 0.25) is 0 Å². The predicted molar refractivity (Wildman–Crippen MR) is 61.6 cm³/mol. The smallest absolute Gasteiger partial charge is 0.188 e. The van der Waals surface area contributed by atoms with Crippen LogP contribution in [-0.4, -0.2) is 26.2 Å². The van der Waals surface area contributed by atoms with Gasteiger partial charge >= 0.3 is 0 Å². The number of nitrogens with two attached hydrogens (primary N) is 1. The number of nitrogens with one attached hydrogen (secondary N) is 1. The van der Waals surface area contributed by atoms with Crippen molar-refractivity contribution in [1.82, 2.24) is 5.32 Å². The summed E-state index contributed by atoms with van der Waals surface area (Å²) in [5.74, 6) is 0.455. The van der Waals surface area contributed by atoms with Crippen molar-refractivity contribution in [3.63, 3.8) is 0 Å². The molecular formula is C11H17N3O. The van der Waals surface area contributed by atoms with E-state index >= 15 is 0 Å². The quantitative estimate of drug-likeness (QED) is 0.425. The van der Waals surface area contributed by atoms with Crippen LogP contribution in [0.1, 0.15) is 5.56 Å². The highest BCUT2D eigenvalue weighted by atomic mass is 16.5. The highest BCUT2D eigenvalue weighted by Gasteiger charge is 1.91. The topological polar surface area (TPSA) is 59.6 Å². The first-order valence-electron chi connectivity index (χ1n) is 4.89. The number of nitrogens with zero attached hydrogens (tertiary/aromatic N) is 1. The maximum atomic E-state index is 5.65. The molecule has 1 aromatic carbocycles. The van der Waals surface area contributed by atoms with Gasteiger partial charge in [0.25, 0.3) is 0 Å². The number of aliphatic imine (C=N–C) groups is 1. The second-order valence-corrected chi connectivity index (χ2v) is 3.11. The average molecular weight is 207 g/mol. The van der Waals surface area contributed by atoms with Crippen LogP contribution in [0, 0.1) is 0 Å². The van der Waals surface area contributed by atoms with Crippen LogP contribution in [-0.2, 0) is 11.3 Å². The lowest BCUT2D eigenvalue weighted by Gasteiger charge is -2.04. The van der Waals surface area contributed by atoms with Crippen molar-refractivity contribution in [2.24, 2.45) is 10.7 Å². The van der Waals surface area contributed by atoms with Crippen molar-refractivity contribution < 1.29 is 4.74 Å². The summed E-state index contributed by atoms with van der Waals surface area (Å²) in [4.78, 5) is 4.19. The fourth-order valence-corrected chi connectivity index (χ4v) is 1.10. The zero-order valence-corrected chi connectivity index (χ0v) is 8.94. The molecule has 0 aliphatic rings. The van der Waals surface area contributed by atoms with Gasteiger partial charge in [-0.3, -0.25) is 0 Å². The first kappa shape index (κ1) is 11.5. The Balaban J connectivity index is 2.31. The molecule has 0 saturated heterocycles. The van der Waals surface area contributed by atoms with Crippen molar-refractivity contribution in [2.75, 3.05) is 20.3 Å². The van der Waals surface area contributed by atoms with Crippen LogP contribution in [0.4, 0.5) is 0 Å². The molecule has 0 saturated carbocycles. The number of benzene rings is 1. The highest BCUT2D eigenvalue weighted by molar-refractivity contribution is 5.77. The number of guanidine groups is 1. The molecule has 0 atom stereocenters. The van der Waals surface area contributed by atoms with E-state index in [9.17, 15) is 0 Å². The molecule has 1 rings (SSSR count). The molecule has 1 aromatic rings. The second-order valence-electron chi connectivity index (χ2n) is 3.11. The fraction of sp³-hybridized carbons (Fsp3) is 0.364. The van der Waals surface area contributed by atoms with Crippen molar-refractivity contribution in [3.8, 4) is 0 Å². The zero-order valence-electron chi connectivity index (χ0n) is 8.94. The molecular weight excluding hydrogens is 190 g/mol. The van der Waals surface area contributed by atoms with Gasteiger partial charge in [-0.15, -0.1) is 0 Å². The van der Waals surface area contributed by atoms with Crippen LogP contribution < -0.4 is 11.1 Å². The lowest BCUT2D eigenvalue weighted by molar-refractivity contribution is 0.204. The van der Waals surface area contributed by atoms with Gasteiger partial charge in [-0.1, -0.05) is 30.3 Å². The molecule has 0 spiro atoms. The van der Waals surface area contributed by atoms with Gasteiger partial charge in [0, 0.05) is 13.7 Å². The van der Waals surface area contributed by atoms with Crippen LogP contribution in [0.3, 0.4) is 0 Å². The normalized spacial score (nSPS) is 11.4.